The van der Waals surface area contributed by atoms with Crippen LogP contribution in [0.5, 0.6) is 0 Å². The molecule has 2 rings (SSSR count). The van der Waals surface area contributed by atoms with E-state index in [9.17, 15) is 0 Å². The van der Waals surface area contributed by atoms with Crippen LogP contribution in [0.4, 0.5) is 0 Å². The molecule has 0 unspecified atom stereocenters. The first-order valence-corrected chi connectivity index (χ1v) is 5.56. The summed E-state index contributed by atoms with van der Waals surface area (Å²) in [5.74, 6) is 0.343. The van der Waals surface area contributed by atoms with Crippen molar-refractivity contribution in [3.63, 3.8) is 0 Å². The zero-order valence-corrected chi connectivity index (χ0v) is 8.95. The predicted molar refractivity (Wildman–Crippen MR) is 61.8 cm³/mol. The molecule has 4 radical (unpaired) electrons. The average molecular weight is 199 g/mol. The van der Waals surface area contributed by atoms with Gasteiger partial charge in [0.05, 0.1) is 0 Å². The molecule has 1 aliphatic rings. The van der Waals surface area contributed by atoms with Crippen LogP contribution in [0, 0.1) is 19.9 Å². The molecular weight excluding hydrogens is 182 g/mol. The zero-order chi connectivity index (χ0) is 10.7. The van der Waals surface area contributed by atoms with E-state index in [1.54, 1.807) is 0 Å². The topological polar surface area (TPSA) is 12.0 Å². The second kappa shape index (κ2) is 4.36. The fraction of sp³-hybridized carbons (Fsp3) is 0.429. The third-order valence-electron chi connectivity index (χ3n) is 3.49. The summed E-state index contributed by atoms with van der Waals surface area (Å²) < 4.78 is 0. The lowest BCUT2D eigenvalue weighted by atomic mass is 9.73. The van der Waals surface area contributed by atoms with Crippen molar-refractivity contribution in [2.45, 2.75) is 31.2 Å². The monoisotopic (exact) mass is 199 g/mol. The summed E-state index contributed by atoms with van der Waals surface area (Å²) in [5, 5.41) is 3.00. The molecule has 1 aromatic rings. The maximum absolute atomic E-state index is 5.92. The lowest BCUT2D eigenvalue weighted by Gasteiger charge is -2.39. The van der Waals surface area contributed by atoms with E-state index in [4.69, 9.17) is 14.0 Å². The largest absolute Gasteiger partial charge is 0.301 e. The molecule has 0 atom stereocenters. The van der Waals surface area contributed by atoms with Crippen molar-refractivity contribution in [1.29, 1.82) is 0 Å². The Morgan fingerprint density at radius 1 is 1.13 bits per heavy atom. The van der Waals surface area contributed by atoms with Gasteiger partial charge in [0.15, 0.2) is 0 Å². The first kappa shape index (κ1) is 10.7. The van der Waals surface area contributed by atoms with Crippen LogP contribution < -0.4 is 5.32 Å². The van der Waals surface area contributed by atoms with Crippen molar-refractivity contribution >= 4 is 0 Å². The highest BCUT2D eigenvalue weighted by Gasteiger charge is 2.34. The number of rotatable bonds is 2. The molecule has 0 heterocycles. The molecule has 1 heteroatoms. The van der Waals surface area contributed by atoms with Gasteiger partial charge in [-0.2, -0.15) is 0 Å². The van der Waals surface area contributed by atoms with Crippen molar-refractivity contribution < 1.29 is 0 Å². The van der Waals surface area contributed by atoms with E-state index in [1.165, 1.54) is 5.56 Å². The molecule has 0 aromatic heterocycles. The molecule has 0 aliphatic heterocycles. The van der Waals surface area contributed by atoms with Gasteiger partial charge in [0.25, 0.3) is 0 Å². The first-order chi connectivity index (χ1) is 7.27. The van der Waals surface area contributed by atoms with Crippen LogP contribution >= 0.6 is 0 Å². The number of benzene rings is 1. The standard InChI is InChI=1S/C14H17N/c1-12-8-10-14(15-2,11-9-12)13-6-4-3-5-7-13/h1-7,12,15H,8-11H2. The maximum Gasteiger partial charge on any atom is 0.0438 e. The van der Waals surface area contributed by atoms with Crippen molar-refractivity contribution in [2.75, 3.05) is 0 Å². The Hall–Kier alpha value is -0.820. The molecule has 1 nitrogen and oxygen atoms in total. The van der Waals surface area contributed by atoms with Gasteiger partial charge in [-0.3, -0.25) is 0 Å². The van der Waals surface area contributed by atoms with E-state index >= 15 is 0 Å². The van der Waals surface area contributed by atoms with Gasteiger partial charge in [-0.1, -0.05) is 30.3 Å². The highest BCUT2D eigenvalue weighted by Crippen LogP contribution is 2.38. The fourth-order valence-corrected chi connectivity index (χ4v) is 2.41. The number of nitrogens with one attached hydrogen (secondary N) is 1. The van der Waals surface area contributed by atoms with Gasteiger partial charge in [-0.15, -0.1) is 0 Å². The molecule has 1 saturated carbocycles. The fourth-order valence-electron chi connectivity index (χ4n) is 2.41. The lowest BCUT2D eigenvalue weighted by molar-refractivity contribution is 0.227. The molecule has 0 saturated heterocycles. The molecular formula is C14H17N. The summed E-state index contributed by atoms with van der Waals surface area (Å²) in [6.07, 6.45) is 4.13. The van der Waals surface area contributed by atoms with Crippen molar-refractivity contribution in [2.24, 2.45) is 5.92 Å². The molecule has 78 valence electrons. The Bertz CT molecular complexity index is 296. The van der Waals surface area contributed by atoms with Gasteiger partial charge in [0, 0.05) is 12.6 Å². The van der Waals surface area contributed by atoms with Gasteiger partial charge < -0.3 is 5.32 Å². The Kier molecular flexibility index (Phi) is 3.11. The number of hydrogen-bond donors (Lipinski definition) is 1. The van der Waals surface area contributed by atoms with Gasteiger partial charge in [0.2, 0.25) is 0 Å². The second-order valence-electron chi connectivity index (χ2n) is 4.43. The molecule has 0 amide bonds. The summed E-state index contributed by atoms with van der Waals surface area (Å²) in [4.78, 5) is 0. The van der Waals surface area contributed by atoms with E-state index in [-0.39, 0.29) is 5.54 Å². The van der Waals surface area contributed by atoms with E-state index < -0.39 is 0 Å². The average Bonchev–Trinajstić information content (AvgIpc) is 2.32. The van der Waals surface area contributed by atoms with Crippen molar-refractivity contribution in [3.05, 3.63) is 49.9 Å². The van der Waals surface area contributed by atoms with Crippen LogP contribution in [-0.2, 0) is 5.54 Å². The molecule has 1 fully saturated rings. The molecule has 1 N–H and O–H groups in total. The SMILES string of the molecule is [CH]NC1(c2ccccc2)CCC([CH])CC1. The van der Waals surface area contributed by atoms with E-state index in [0.29, 0.717) is 5.92 Å². The highest BCUT2D eigenvalue weighted by molar-refractivity contribution is 5.25. The highest BCUT2D eigenvalue weighted by atomic mass is 14.9. The van der Waals surface area contributed by atoms with E-state index in [1.807, 2.05) is 6.07 Å². The Labute approximate surface area is 92.9 Å². The summed E-state index contributed by atoms with van der Waals surface area (Å²) >= 11 is 0. The van der Waals surface area contributed by atoms with Gasteiger partial charge >= 0.3 is 0 Å². The van der Waals surface area contributed by atoms with Crippen LogP contribution in [0.15, 0.2) is 30.3 Å². The Balaban J connectivity index is 2.23. The smallest absolute Gasteiger partial charge is 0.0438 e. The van der Waals surface area contributed by atoms with Crippen LogP contribution in [-0.4, -0.2) is 0 Å². The van der Waals surface area contributed by atoms with Gasteiger partial charge in [0.1, 0.15) is 0 Å². The third-order valence-corrected chi connectivity index (χ3v) is 3.49. The Morgan fingerprint density at radius 2 is 1.73 bits per heavy atom. The summed E-state index contributed by atoms with van der Waals surface area (Å²) in [5.41, 5.74) is 1.22. The van der Waals surface area contributed by atoms with Crippen LogP contribution in [0.2, 0.25) is 0 Å². The minimum absolute atomic E-state index is 0.0584. The quantitative estimate of drug-likeness (QED) is 0.722. The minimum Gasteiger partial charge on any atom is -0.301 e. The molecule has 15 heavy (non-hydrogen) atoms. The van der Waals surface area contributed by atoms with Crippen LogP contribution in [0.1, 0.15) is 31.2 Å². The molecule has 0 bridgehead atoms. The lowest BCUT2D eigenvalue weighted by Crippen LogP contribution is -2.41. The molecule has 1 aliphatic carbocycles. The van der Waals surface area contributed by atoms with Crippen LogP contribution in [0.25, 0.3) is 0 Å². The third kappa shape index (κ3) is 2.07. The zero-order valence-electron chi connectivity index (χ0n) is 8.95. The summed E-state index contributed by atoms with van der Waals surface area (Å²) in [7, 11) is 5.72. The summed E-state index contributed by atoms with van der Waals surface area (Å²) in [6, 6.07) is 10.4. The second-order valence-corrected chi connectivity index (χ2v) is 4.43. The molecule has 0 spiro atoms. The Morgan fingerprint density at radius 3 is 2.27 bits per heavy atom. The normalized spacial score (nSPS) is 31.5. The van der Waals surface area contributed by atoms with Crippen molar-refractivity contribution in [1.82, 2.24) is 5.32 Å². The van der Waals surface area contributed by atoms with E-state index in [0.717, 1.165) is 25.7 Å². The minimum atomic E-state index is -0.0584. The van der Waals surface area contributed by atoms with Crippen molar-refractivity contribution in [3.8, 4) is 0 Å². The summed E-state index contributed by atoms with van der Waals surface area (Å²) in [6.45, 7) is 5.92. The maximum atomic E-state index is 5.92. The number of hydrogen-bond acceptors (Lipinski definition) is 1. The van der Waals surface area contributed by atoms with Gasteiger partial charge in [-0.25, -0.2) is 0 Å². The van der Waals surface area contributed by atoms with E-state index in [2.05, 4.69) is 29.6 Å². The predicted octanol–water partition coefficient (Wildman–Crippen LogP) is 3.04. The first-order valence-electron chi connectivity index (χ1n) is 5.56. The molecule has 1 aromatic carbocycles. The van der Waals surface area contributed by atoms with Crippen LogP contribution in [0.3, 0.4) is 0 Å². The van der Waals surface area contributed by atoms with Gasteiger partial charge in [-0.05, 0) is 44.1 Å².